The van der Waals surface area contributed by atoms with Gasteiger partial charge in [-0.05, 0) is 0 Å². The van der Waals surface area contributed by atoms with Crippen molar-refractivity contribution in [3.05, 3.63) is 0 Å². The molecule has 3 nitrogen and oxygen atoms in total. The number of rotatable bonds is 0. The summed E-state index contributed by atoms with van der Waals surface area (Å²) < 4.78 is 0. The van der Waals surface area contributed by atoms with Gasteiger partial charge in [-0.15, -0.1) is 0 Å². The molecule has 2 aliphatic heterocycles. The maximum atomic E-state index is 3.51. The molecule has 0 amide bonds. The molecule has 0 radical (unpaired) electrons. The van der Waals surface area contributed by atoms with E-state index in [0.29, 0.717) is 0 Å². The van der Waals surface area contributed by atoms with E-state index in [-0.39, 0.29) is 0 Å². The van der Waals surface area contributed by atoms with Crippen LogP contribution in [0.15, 0.2) is 0 Å². The molecule has 2 heterocycles. The van der Waals surface area contributed by atoms with Crippen molar-refractivity contribution < 1.29 is 0 Å². The molecule has 1 N–H and O–H groups in total. The molecule has 0 aliphatic carbocycles. The fourth-order valence-electron chi connectivity index (χ4n) is 2.42. The predicted molar refractivity (Wildman–Crippen MR) is 51.3 cm³/mol. The molecule has 11 heavy (non-hydrogen) atoms. The SMILES string of the molecule is CN1CN2CNC[PH](C)(C1)C2. The summed E-state index contributed by atoms with van der Waals surface area (Å²) in [4.78, 5) is 5.00. The molecule has 0 spiro atoms. The topological polar surface area (TPSA) is 18.5 Å². The Morgan fingerprint density at radius 3 is 2.91 bits per heavy atom. The molecule has 2 bridgehead atoms. The molecule has 0 aromatic rings. The zero-order valence-electron chi connectivity index (χ0n) is 7.43. The van der Waals surface area contributed by atoms with Crippen molar-refractivity contribution in [3.8, 4) is 0 Å². The molecule has 1 atom stereocenters. The van der Waals surface area contributed by atoms with E-state index in [9.17, 15) is 0 Å². The molecule has 2 rings (SSSR count). The molecule has 2 saturated heterocycles. The molecular weight excluding hydrogens is 157 g/mol. The van der Waals surface area contributed by atoms with Gasteiger partial charge in [-0.25, -0.2) is 0 Å². The summed E-state index contributed by atoms with van der Waals surface area (Å²) in [6.07, 6.45) is 4.09. The van der Waals surface area contributed by atoms with Crippen LogP contribution in [-0.4, -0.2) is 55.7 Å². The number of hydrogen-bond donors (Lipinski definition) is 1. The zero-order chi connectivity index (χ0) is 7.90. The molecule has 1 unspecified atom stereocenters. The first kappa shape index (κ1) is 7.93. The van der Waals surface area contributed by atoms with E-state index in [4.69, 9.17) is 0 Å². The fourth-order valence-corrected chi connectivity index (χ4v) is 6.15. The Bertz CT molecular complexity index is 160. The van der Waals surface area contributed by atoms with Crippen LogP contribution >= 0.6 is 7.26 Å². The molecule has 2 aliphatic rings. The van der Waals surface area contributed by atoms with Crippen LogP contribution in [0, 0.1) is 0 Å². The van der Waals surface area contributed by atoms with Gasteiger partial charge in [-0.1, -0.05) is 0 Å². The van der Waals surface area contributed by atoms with Crippen molar-refractivity contribution in [3.63, 3.8) is 0 Å². The van der Waals surface area contributed by atoms with Crippen LogP contribution in [0.2, 0.25) is 0 Å². The minimum atomic E-state index is -0.909. The quantitative estimate of drug-likeness (QED) is 0.523. The van der Waals surface area contributed by atoms with Crippen LogP contribution in [0.25, 0.3) is 0 Å². The van der Waals surface area contributed by atoms with Gasteiger partial charge in [0.1, 0.15) is 0 Å². The molecule has 0 aromatic carbocycles. The van der Waals surface area contributed by atoms with Crippen LogP contribution in [-0.2, 0) is 0 Å². The summed E-state index contributed by atoms with van der Waals surface area (Å²) in [5, 5.41) is 3.51. The number of nitrogens with zero attached hydrogens (tertiary/aromatic N) is 2. The monoisotopic (exact) mass is 175 g/mol. The van der Waals surface area contributed by atoms with Crippen LogP contribution in [0.1, 0.15) is 0 Å². The Kier molecular flexibility index (Phi) is 1.92. The predicted octanol–water partition coefficient (Wildman–Crippen LogP) is 0.00420. The Balaban J connectivity index is 2.09. The third-order valence-electron chi connectivity index (χ3n) is 2.59. The second kappa shape index (κ2) is 2.67. The average molecular weight is 175 g/mol. The normalized spacial score (nSPS) is 40.0. The number of hydrogen-bond acceptors (Lipinski definition) is 3. The van der Waals surface area contributed by atoms with E-state index in [1.165, 1.54) is 18.9 Å². The Labute approximate surface area is 69.1 Å². The van der Waals surface area contributed by atoms with Crippen LogP contribution < -0.4 is 5.32 Å². The molecule has 0 aromatic heterocycles. The first-order valence-electron chi connectivity index (χ1n) is 4.30. The van der Waals surface area contributed by atoms with Gasteiger partial charge in [-0.3, -0.25) is 0 Å². The van der Waals surface area contributed by atoms with Gasteiger partial charge in [-0.2, -0.15) is 0 Å². The third kappa shape index (κ3) is 1.57. The van der Waals surface area contributed by atoms with E-state index in [0.717, 1.165) is 13.3 Å². The summed E-state index contributed by atoms with van der Waals surface area (Å²) in [5.74, 6) is 0. The van der Waals surface area contributed by atoms with Crippen molar-refractivity contribution in [1.82, 2.24) is 15.1 Å². The Hall–Kier alpha value is 0.310. The molecule has 0 saturated carbocycles. The van der Waals surface area contributed by atoms with Gasteiger partial charge >= 0.3 is 68.3 Å². The zero-order valence-corrected chi connectivity index (χ0v) is 8.43. The van der Waals surface area contributed by atoms with Crippen LogP contribution in [0.5, 0.6) is 0 Å². The minimum absolute atomic E-state index is 0.909. The van der Waals surface area contributed by atoms with Crippen LogP contribution in [0.3, 0.4) is 0 Å². The molecular formula is C7H18N3P. The van der Waals surface area contributed by atoms with Crippen molar-refractivity contribution in [2.45, 2.75) is 0 Å². The summed E-state index contributed by atoms with van der Waals surface area (Å²) in [5.41, 5.74) is 0. The Morgan fingerprint density at radius 1 is 1.36 bits per heavy atom. The van der Waals surface area contributed by atoms with E-state index in [2.05, 4.69) is 28.8 Å². The van der Waals surface area contributed by atoms with Gasteiger partial charge in [0.15, 0.2) is 0 Å². The summed E-state index contributed by atoms with van der Waals surface area (Å²) in [6.45, 7) is 4.77. The van der Waals surface area contributed by atoms with Crippen LogP contribution in [0.4, 0.5) is 0 Å². The van der Waals surface area contributed by atoms with Gasteiger partial charge in [0.2, 0.25) is 0 Å². The summed E-state index contributed by atoms with van der Waals surface area (Å²) in [6, 6.07) is 0. The van der Waals surface area contributed by atoms with Crippen molar-refractivity contribution >= 4 is 7.26 Å². The van der Waals surface area contributed by atoms with Crippen molar-refractivity contribution in [1.29, 1.82) is 0 Å². The molecule has 66 valence electrons. The second-order valence-electron chi connectivity index (χ2n) is 4.38. The third-order valence-corrected chi connectivity index (χ3v) is 6.20. The standard InChI is InChI=1S/C7H18N3P/c1-9-5-10-3-8-4-11(2,6-9)7-10/h8,11H,3-7H2,1-2H3. The van der Waals surface area contributed by atoms with Gasteiger partial charge in [0.25, 0.3) is 0 Å². The number of nitrogens with one attached hydrogen (secondary N) is 1. The fraction of sp³-hybridized carbons (Fsp3) is 1.00. The van der Waals surface area contributed by atoms with Gasteiger partial charge in [0, 0.05) is 0 Å². The summed E-state index contributed by atoms with van der Waals surface area (Å²) >= 11 is 0. The second-order valence-corrected chi connectivity index (χ2v) is 8.99. The summed E-state index contributed by atoms with van der Waals surface area (Å²) in [7, 11) is 1.33. The van der Waals surface area contributed by atoms with Crippen molar-refractivity contribution in [2.24, 2.45) is 0 Å². The first-order chi connectivity index (χ1) is 5.18. The van der Waals surface area contributed by atoms with Gasteiger partial charge in [0.05, 0.1) is 0 Å². The van der Waals surface area contributed by atoms with E-state index >= 15 is 0 Å². The van der Waals surface area contributed by atoms with E-state index in [1.807, 2.05) is 0 Å². The van der Waals surface area contributed by atoms with E-state index < -0.39 is 7.26 Å². The molecule has 2 fully saturated rings. The average Bonchev–Trinajstić information content (AvgIpc) is 1.82. The van der Waals surface area contributed by atoms with Crippen molar-refractivity contribution in [2.75, 3.05) is 45.9 Å². The first-order valence-corrected chi connectivity index (χ1v) is 7.42. The maximum absolute atomic E-state index is 3.51. The Morgan fingerprint density at radius 2 is 2.18 bits per heavy atom. The molecule has 4 heteroatoms. The van der Waals surface area contributed by atoms with Gasteiger partial charge < -0.3 is 0 Å². The van der Waals surface area contributed by atoms with E-state index in [1.54, 1.807) is 0 Å². The number of fused-ring (bicyclic) bond motifs is 2.